The Bertz CT molecular complexity index is 363. The molecule has 1 saturated heterocycles. The number of nitrogens with zero attached hydrogens (tertiary/aromatic N) is 2. The van der Waals surface area contributed by atoms with Gasteiger partial charge in [-0.05, 0) is 26.2 Å². The Morgan fingerprint density at radius 2 is 1.86 bits per heavy atom. The second kappa shape index (κ2) is 8.06. The van der Waals surface area contributed by atoms with E-state index >= 15 is 0 Å². The third kappa shape index (κ3) is 5.88. The van der Waals surface area contributed by atoms with Crippen LogP contribution in [0.5, 0.6) is 0 Å². The van der Waals surface area contributed by atoms with E-state index in [1.807, 2.05) is 0 Å². The summed E-state index contributed by atoms with van der Waals surface area (Å²) in [5.41, 5.74) is 5.56. The average molecular weight is 314 g/mol. The maximum absolute atomic E-state index is 11.9. The Labute approximate surface area is 134 Å². The van der Waals surface area contributed by atoms with Crippen molar-refractivity contribution in [3.8, 4) is 0 Å². The number of hydrogen-bond donors (Lipinski definition) is 2. The summed E-state index contributed by atoms with van der Waals surface area (Å²) in [6, 6.07) is 0. The van der Waals surface area contributed by atoms with Crippen molar-refractivity contribution in [3.05, 3.63) is 0 Å². The molecule has 0 spiro atoms. The maximum Gasteiger partial charge on any atom is 0.234 e. The van der Waals surface area contributed by atoms with Crippen molar-refractivity contribution >= 4 is 23.1 Å². The lowest BCUT2D eigenvalue weighted by Gasteiger charge is -2.43. The summed E-state index contributed by atoms with van der Waals surface area (Å²) >= 11 is 5.14. The molecule has 1 rings (SSSR count). The smallest absolute Gasteiger partial charge is 0.234 e. The predicted molar refractivity (Wildman–Crippen MR) is 91.3 cm³/mol. The Morgan fingerprint density at radius 1 is 1.29 bits per heavy atom. The highest BCUT2D eigenvalue weighted by atomic mass is 32.1. The molecule has 3 N–H and O–H groups in total. The molecule has 21 heavy (non-hydrogen) atoms. The molecule has 0 unspecified atom stereocenters. The number of nitrogens with two attached hydrogens (primary N) is 1. The van der Waals surface area contributed by atoms with E-state index in [2.05, 4.69) is 42.8 Å². The fourth-order valence-corrected chi connectivity index (χ4v) is 2.51. The van der Waals surface area contributed by atoms with Crippen LogP contribution in [0.2, 0.25) is 0 Å². The molecule has 0 radical (unpaired) electrons. The number of carbonyl (C=O) groups is 1. The summed E-state index contributed by atoms with van der Waals surface area (Å²) in [5.74, 6) is 0.744. The molecule has 0 aromatic rings. The first-order valence-corrected chi connectivity index (χ1v) is 8.18. The molecule has 122 valence electrons. The van der Waals surface area contributed by atoms with E-state index in [9.17, 15) is 4.79 Å². The summed E-state index contributed by atoms with van der Waals surface area (Å²) in [4.78, 5) is 16.9. The zero-order valence-electron chi connectivity index (χ0n) is 13.8. The van der Waals surface area contributed by atoms with Gasteiger partial charge >= 0.3 is 0 Å². The molecule has 1 heterocycles. The first-order valence-electron chi connectivity index (χ1n) is 7.77. The first-order chi connectivity index (χ1) is 9.73. The van der Waals surface area contributed by atoms with Gasteiger partial charge in [0.1, 0.15) is 0 Å². The van der Waals surface area contributed by atoms with Crippen LogP contribution in [0.15, 0.2) is 0 Å². The van der Waals surface area contributed by atoms with E-state index in [4.69, 9.17) is 18.0 Å². The molecule has 1 aliphatic heterocycles. The molecule has 1 aliphatic rings. The lowest BCUT2D eigenvalue weighted by atomic mass is 10.0. The van der Waals surface area contributed by atoms with Gasteiger partial charge in [-0.15, -0.1) is 0 Å². The number of amides is 1. The van der Waals surface area contributed by atoms with Gasteiger partial charge in [-0.1, -0.05) is 26.1 Å². The largest absolute Gasteiger partial charge is 0.392 e. The molecule has 0 aromatic heterocycles. The van der Waals surface area contributed by atoms with Crippen LogP contribution in [-0.2, 0) is 4.79 Å². The van der Waals surface area contributed by atoms with Crippen molar-refractivity contribution in [2.75, 3.05) is 39.3 Å². The average Bonchev–Trinajstić information content (AvgIpc) is 2.38. The van der Waals surface area contributed by atoms with Crippen molar-refractivity contribution in [2.24, 2.45) is 11.7 Å². The van der Waals surface area contributed by atoms with Crippen molar-refractivity contribution in [2.45, 2.75) is 39.7 Å². The Hall–Kier alpha value is -0.720. The van der Waals surface area contributed by atoms with E-state index in [-0.39, 0.29) is 11.4 Å². The second-order valence-electron chi connectivity index (χ2n) is 6.72. The first kappa shape index (κ1) is 18.3. The van der Waals surface area contributed by atoms with E-state index in [0.717, 1.165) is 39.1 Å². The SMILES string of the molecule is CC(C)CCNC(=O)CN1CCN(C(C)(C)C(N)=S)CC1. The van der Waals surface area contributed by atoms with Crippen molar-refractivity contribution in [1.82, 2.24) is 15.1 Å². The van der Waals surface area contributed by atoms with E-state index < -0.39 is 0 Å². The summed E-state index contributed by atoms with van der Waals surface area (Å²) in [6.07, 6.45) is 1.03. The van der Waals surface area contributed by atoms with Crippen molar-refractivity contribution in [1.29, 1.82) is 0 Å². The van der Waals surface area contributed by atoms with Crippen molar-refractivity contribution < 1.29 is 4.79 Å². The number of hydrogen-bond acceptors (Lipinski definition) is 4. The molecular formula is C15H30N4OS. The third-order valence-electron chi connectivity index (χ3n) is 4.18. The van der Waals surface area contributed by atoms with Crippen LogP contribution in [0.1, 0.15) is 34.1 Å². The minimum Gasteiger partial charge on any atom is -0.392 e. The van der Waals surface area contributed by atoms with Gasteiger partial charge in [-0.25, -0.2) is 0 Å². The Balaban J connectivity index is 2.30. The minimum atomic E-state index is -0.249. The summed E-state index contributed by atoms with van der Waals surface area (Å²) in [6.45, 7) is 13.2. The molecule has 0 atom stereocenters. The van der Waals surface area contributed by atoms with E-state index in [1.54, 1.807) is 0 Å². The molecule has 1 fully saturated rings. The van der Waals surface area contributed by atoms with Crippen LogP contribution < -0.4 is 11.1 Å². The van der Waals surface area contributed by atoms with Crippen LogP contribution in [0.4, 0.5) is 0 Å². The monoisotopic (exact) mass is 314 g/mol. The Morgan fingerprint density at radius 3 is 2.33 bits per heavy atom. The number of piperazine rings is 1. The van der Waals surface area contributed by atoms with Crippen LogP contribution in [0.25, 0.3) is 0 Å². The van der Waals surface area contributed by atoms with Crippen LogP contribution in [-0.4, -0.2) is 65.5 Å². The second-order valence-corrected chi connectivity index (χ2v) is 7.16. The number of thiocarbonyl (C=S) groups is 1. The van der Waals surface area contributed by atoms with Gasteiger partial charge in [0, 0.05) is 32.7 Å². The molecule has 0 aliphatic carbocycles. The lowest BCUT2D eigenvalue weighted by Crippen LogP contribution is -2.59. The fraction of sp³-hybridized carbons (Fsp3) is 0.867. The molecule has 5 nitrogen and oxygen atoms in total. The third-order valence-corrected chi connectivity index (χ3v) is 4.68. The number of rotatable bonds is 7. The van der Waals surface area contributed by atoms with E-state index in [0.29, 0.717) is 17.5 Å². The van der Waals surface area contributed by atoms with Gasteiger partial charge in [-0.2, -0.15) is 0 Å². The predicted octanol–water partition coefficient (Wildman–Crippen LogP) is 0.831. The molecular weight excluding hydrogens is 284 g/mol. The van der Waals surface area contributed by atoms with Gasteiger partial charge in [-0.3, -0.25) is 14.6 Å². The molecule has 6 heteroatoms. The number of carbonyl (C=O) groups excluding carboxylic acids is 1. The van der Waals surface area contributed by atoms with Crippen LogP contribution >= 0.6 is 12.2 Å². The fourth-order valence-electron chi connectivity index (χ4n) is 2.38. The van der Waals surface area contributed by atoms with Gasteiger partial charge < -0.3 is 11.1 Å². The van der Waals surface area contributed by atoms with Crippen molar-refractivity contribution in [3.63, 3.8) is 0 Å². The van der Waals surface area contributed by atoms with Crippen LogP contribution in [0.3, 0.4) is 0 Å². The van der Waals surface area contributed by atoms with Gasteiger partial charge in [0.2, 0.25) is 5.91 Å². The van der Waals surface area contributed by atoms with E-state index in [1.165, 1.54) is 0 Å². The molecule has 1 amide bonds. The van der Waals surface area contributed by atoms with Gasteiger partial charge in [0.25, 0.3) is 0 Å². The zero-order valence-corrected chi connectivity index (χ0v) is 14.6. The zero-order chi connectivity index (χ0) is 16.0. The highest BCUT2D eigenvalue weighted by Crippen LogP contribution is 2.17. The maximum atomic E-state index is 11.9. The van der Waals surface area contributed by atoms with Gasteiger partial charge in [0.15, 0.2) is 0 Å². The minimum absolute atomic E-state index is 0.123. The highest BCUT2D eigenvalue weighted by Gasteiger charge is 2.32. The Kier molecular flexibility index (Phi) is 7.03. The highest BCUT2D eigenvalue weighted by molar-refractivity contribution is 7.80. The van der Waals surface area contributed by atoms with Crippen LogP contribution in [0, 0.1) is 5.92 Å². The lowest BCUT2D eigenvalue weighted by molar-refractivity contribution is -0.122. The standard InChI is InChI=1S/C15H30N4OS/c1-12(2)5-6-17-13(20)11-18-7-9-19(10-8-18)15(3,4)14(16)21/h12H,5-11H2,1-4H3,(H2,16,21)(H,17,20). The molecule has 0 aromatic carbocycles. The summed E-state index contributed by atoms with van der Waals surface area (Å²) in [5, 5.41) is 2.99. The number of nitrogens with one attached hydrogen (secondary N) is 1. The molecule has 0 saturated carbocycles. The topological polar surface area (TPSA) is 61.6 Å². The van der Waals surface area contributed by atoms with Gasteiger partial charge in [0.05, 0.1) is 17.1 Å². The molecule has 0 bridgehead atoms. The summed E-state index contributed by atoms with van der Waals surface area (Å²) < 4.78 is 0. The summed E-state index contributed by atoms with van der Waals surface area (Å²) in [7, 11) is 0. The quantitative estimate of drug-likeness (QED) is 0.682. The normalized spacial score (nSPS) is 18.0.